The number of esters is 1. The van der Waals surface area contributed by atoms with Gasteiger partial charge in [-0.1, -0.05) is 23.9 Å². The molecule has 0 radical (unpaired) electrons. The second-order valence-electron chi connectivity index (χ2n) is 4.64. The van der Waals surface area contributed by atoms with Gasteiger partial charge in [0.2, 0.25) is 0 Å². The van der Waals surface area contributed by atoms with Gasteiger partial charge in [-0.05, 0) is 44.5 Å². The number of hydrogen-bond donors (Lipinski definition) is 0. The van der Waals surface area contributed by atoms with E-state index in [1.807, 2.05) is 32.0 Å². The Morgan fingerprint density at radius 1 is 1.14 bits per heavy atom. The number of hydrogen-bond acceptors (Lipinski definition) is 5. The van der Waals surface area contributed by atoms with Crippen LogP contribution in [0.5, 0.6) is 0 Å². The summed E-state index contributed by atoms with van der Waals surface area (Å²) >= 11 is 1.59. The van der Waals surface area contributed by atoms with Crippen LogP contribution in [0.4, 0.5) is 0 Å². The summed E-state index contributed by atoms with van der Waals surface area (Å²) in [5, 5.41) is 0.780. The average Bonchev–Trinajstić information content (AvgIpc) is 2.45. The first-order valence-corrected chi connectivity index (χ1v) is 7.78. The molecule has 0 atom stereocenters. The zero-order valence-corrected chi connectivity index (χ0v) is 13.2. The van der Waals surface area contributed by atoms with E-state index in [0.717, 1.165) is 27.9 Å². The smallest absolute Gasteiger partial charge is 0.338 e. The van der Waals surface area contributed by atoms with Crippen LogP contribution in [0.15, 0.2) is 35.5 Å². The van der Waals surface area contributed by atoms with E-state index in [2.05, 4.69) is 9.97 Å². The number of aromatic nitrogens is 2. The van der Waals surface area contributed by atoms with Gasteiger partial charge in [-0.25, -0.2) is 14.8 Å². The molecule has 0 unspecified atom stereocenters. The molecule has 2 aromatic rings. The molecule has 1 aromatic heterocycles. The molecule has 1 aromatic carbocycles. The lowest BCUT2D eigenvalue weighted by molar-refractivity contribution is 0.0526. The number of aryl methyl sites for hydroxylation is 2. The molecule has 0 N–H and O–H groups in total. The fraction of sp³-hybridized carbons (Fsp3) is 0.312. The third-order valence-electron chi connectivity index (χ3n) is 2.79. The van der Waals surface area contributed by atoms with Crippen LogP contribution in [0, 0.1) is 13.8 Å². The summed E-state index contributed by atoms with van der Waals surface area (Å²) in [7, 11) is 0. The molecule has 0 amide bonds. The normalized spacial score (nSPS) is 10.4. The number of ether oxygens (including phenoxy) is 1. The highest BCUT2D eigenvalue weighted by Crippen LogP contribution is 2.20. The van der Waals surface area contributed by atoms with Crippen molar-refractivity contribution >= 4 is 17.7 Å². The van der Waals surface area contributed by atoms with E-state index in [1.54, 1.807) is 30.8 Å². The molecular weight excluding hydrogens is 284 g/mol. The summed E-state index contributed by atoms with van der Waals surface area (Å²) in [6.45, 7) is 6.12. The summed E-state index contributed by atoms with van der Waals surface area (Å²) in [4.78, 5) is 20.4. The first kappa shape index (κ1) is 15.5. The van der Waals surface area contributed by atoms with Gasteiger partial charge in [0.25, 0.3) is 0 Å². The standard InChI is InChI=1S/C16H18N2O2S/c1-4-20-15(19)14-7-5-13(6-8-14)10-21-16-17-11(2)9-12(3)18-16/h5-9H,4,10H2,1-3H3. The van der Waals surface area contributed by atoms with E-state index in [9.17, 15) is 4.79 Å². The first-order chi connectivity index (χ1) is 10.1. The van der Waals surface area contributed by atoms with Crippen molar-refractivity contribution in [3.05, 3.63) is 52.8 Å². The van der Waals surface area contributed by atoms with E-state index in [4.69, 9.17) is 4.74 Å². The summed E-state index contributed by atoms with van der Waals surface area (Å²) in [5.74, 6) is 0.487. The molecule has 4 nitrogen and oxygen atoms in total. The molecule has 2 rings (SSSR count). The SMILES string of the molecule is CCOC(=O)c1ccc(CSc2nc(C)cc(C)n2)cc1. The van der Waals surface area contributed by atoms with Gasteiger partial charge in [-0.2, -0.15) is 0 Å². The van der Waals surface area contributed by atoms with Crippen LogP contribution < -0.4 is 0 Å². The van der Waals surface area contributed by atoms with Crippen molar-refractivity contribution in [3.63, 3.8) is 0 Å². The van der Waals surface area contributed by atoms with Gasteiger partial charge in [-0.3, -0.25) is 0 Å². The zero-order chi connectivity index (χ0) is 15.2. The van der Waals surface area contributed by atoms with Crippen LogP contribution in [-0.2, 0) is 10.5 Å². The molecule has 1 heterocycles. The van der Waals surface area contributed by atoms with Crippen molar-refractivity contribution < 1.29 is 9.53 Å². The summed E-state index contributed by atoms with van der Waals surface area (Å²) < 4.78 is 4.96. The number of nitrogens with zero attached hydrogens (tertiary/aromatic N) is 2. The monoisotopic (exact) mass is 302 g/mol. The second-order valence-corrected chi connectivity index (χ2v) is 5.58. The Kier molecular flexibility index (Phi) is 5.33. The molecule has 0 aliphatic carbocycles. The Labute approximate surface area is 129 Å². The molecule has 110 valence electrons. The van der Waals surface area contributed by atoms with E-state index in [1.165, 1.54) is 0 Å². The van der Waals surface area contributed by atoms with E-state index >= 15 is 0 Å². The highest BCUT2D eigenvalue weighted by Gasteiger charge is 2.06. The number of carbonyl (C=O) groups is 1. The quantitative estimate of drug-likeness (QED) is 0.480. The lowest BCUT2D eigenvalue weighted by Gasteiger charge is -2.05. The maximum absolute atomic E-state index is 11.6. The third kappa shape index (κ3) is 4.56. The van der Waals surface area contributed by atoms with Crippen LogP contribution in [0.2, 0.25) is 0 Å². The van der Waals surface area contributed by atoms with Crippen molar-refractivity contribution in [1.29, 1.82) is 0 Å². The van der Waals surface area contributed by atoms with Crippen LogP contribution in [0.25, 0.3) is 0 Å². The van der Waals surface area contributed by atoms with Crippen molar-refractivity contribution in [2.45, 2.75) is 31.7 Å². The van der Waals surface area contributed by atoms with Gasteiger partial charge in [0.1, 0.15) is 0 Å². The molecule has 21 heavy (non-hydrogen) atoms. The topological polar surface area (TPSA) is 52.1 Å². The average molecular weight is 302 g/mol. The van der Waals surface area contributed by atoms with Crippen LogP contribution in [0.3, 0.4) is 0 Å². The minimum Gasteiger partial charge on any atom is -0.462 e. The highest BCUT2D eigenvalue weighted by molar-refractivity contribution is 7.98. The molecule has 0 bridgehead atoms. The Morgan fingerprint density at radius 3 is 2.33 bits per heavy atom. The summed E-state index contributed by atoms with van der Waals surface area (Å²) in [6, 6.07) is 9.40. The molecule has 0 saturated heterocycles. The van der Waals surface area contributed by atoms with Crippen molar-refractivity contribution in [3.8, 4) is 0 Å². The Bertz CT molecular complexity index is 606. The fourth-order valence-corrected chi connectivity index (χ4v) is 2.76. The van der Waals surface area contributed by atoms with Crippen LogP contribution in [0.1, 0.15) is 34.2 Å². The molecule has 0 aliphatic rings. The van der Waals surface area contributed by atoms with Gasteiger partial charge in [0.15, 0.2) is 5.16 Å². The predicted octanol–water partition coefficient (Wildman–Crippen LogP) is 3.56. The number of benzene rings is 1. The molecule has 0 saturated carbocycles. The van der Waals surface area contributed by atoms with Crippen molar-refractivity contribution in [1.82, 2.24) is 9.97 Å². The van der Waals surface area contributed by atoms with Gasteiger partial charge in [0, 0.05) is 17.1 Å². The molecule has 0 spiro atoms. The first-order valence-electron chi connectivity index (χ1n) is 6.79. The van der Waals surface area contributed by atoms with Crippen molar-refractivity contribution in [2.75, 3.05) is 6.61 Å². The van der Waals surface area contributed by atoms with Crippen molar-refractivity contribution in [2.24, 2.45) is 0 Å². The zero-order valence-electron chi connectivity index (χ0n) is 12.4. The number of rotatable bonds is 5. The lowest BCUT2D eigenvalue weighted by atomic mass is 10.1. The third-order valence-corrected chi connectivity index (χ3v) is 3.71. The minimum atomic E-state index is -0.283. The van der Waals surface area contributed by atoms with Gasteiger partial charge >= 0.3 is 5.97 Å². The van der Waals surface area contributed by atoms with E-state index in [-0.39, 0.29) is 5.97 Å². The Morgan fingerprint density at radius 2 is 1.76 bits per heavy atom. The highest BCUT2D eigenvalue weighted by atomic mass is 32.2. The van der Waals surface area contributed by atoms with E-state index < -0.39 is 0 Å². The summed E-state index contributed by atoms with van der Waals surface area (Å²) in [6.07, 6.45) is 0. The Hall–Kier alpha value is -1.88. The largest absolute Gasteiger partial charge is 0.462 e. The molecule has 5 heteroatoms. The lowest BCUT2D eigenvalue weighted by Crippen LogP contribution is -2.04. The molecule has 0 aliphatic heterocycles. The fourth-order valence-electron chi connectivity index (χ4n) is 1.86. The second kappa shape index (κ2) is 7.22. The predicted molar refractivity (Wildman–Crippen MR) is 83.5 cm³/mol. The number of carbonyl (C=O) groups excluding carboxylic acids is 1. The maximum atomic E-state index is 11.6. The van der Waals surface area contributed by atoms with Gasteiger partial charge in [0.05, 0.1) is 12.2 Å². The van der Waals surface area contributed by atoms with Crippen LogP contribution >= 0.6 is 11.8 Å². The van der Waals surface area contributed by atoms with Crippen LogP contribution in [-0.4, -0.2) is 22.5 Å². The van der Waals surface area contributed by atoms with Gasteiger partial charge < -0.3 is 4.74 Å². The summed E-state index contributed by atoms with van der Waals surface area (Å²) in [5.41, 5.74) is 3.65. The molecular formula is C16H18N2O2S. The number of thioether (sulfide) groups is 1. The molecule has 0 fully saturated rings. The van der Waals surface area contributed by atoms with E-state index in [0.29, 0.717) is 12.2 Å². The van der Waals surface area contributed by atoms with Gasteiger partial charge in [-0.15, -0.1) is 0 Å². The Balaban J connectivity index is 1.99. The minimum absolute atomic E-state index is 0.283. The maximum Gasteiger partial charge on any atom is 0.338 e.